The first-order valence-electron chi connectivity index (χ1n) is 12.8. The molecular formula is C27H39BN2O3. The lowest BCUT2D eigenvalue weighted by Crippen LogP contribution is -2.56. The lowest BCUT2D eigenvalue weighted by atomic mass is 9.76. The highest BCUT2D eigenvalue weighted by atomic mass is 16.7. The third-order valence-electron chi connectivity index (χ3n) is 10.4. The number of piperidine rings is 1. The molecule has 0 bridgehead atoms. The third-order valence-corrected chi connectivity index (χ3v) is 10.4. The number of carbonyl (C=O) groups is 1. The minimum Gasteiger partial charge on any atom is -0.399 e. The van der Waals surface area contributed by atoms with Crippen molar-refractivity contribution in [2.24, 2.45) is 17.3 Å². The SMILES string of the molecule is CC1(C)C(=O)N([C@H]2C[C@@H](N3CC4C(C3)C4(C)C)C2)c2cc(B3OC(C)(C)C(C)(C)O3)ccc21. The predicted octanol–water partition coefficient (Wildman–Crippen LogP) is 3.73. The second kappa shape index (κ2) is 6.44. The van der Waals surface area contributed by atoms with E-state index in [-0.39, 0.29) is 17.1 Å². The van der Waals surface area contributed by atoms with Gasteiger partial charge in [0.2, 0.25) is 5.91 Å². The Morgan fingerprint density at radius 1 is 0.879 bits per heavy atom. The number of fused-ring (bicyclic) bond motifs is 2. The Morgan fingerprint density at radius 2 is 1.45 bits per heavy atom. The van der Waals surface area contributed by atoms with Crippen LogP contribution in [0.4, 0.5) is 5.69 Å². The first-order chi connectivity index (χ1) is 15.2. The highest BCUT2D eigenvalue weighted by Crippen LogP contribution is 2.63. The molecule has 1 aromatic carbocycles. The normalized spacial score (nSPS) is 37.2. The van der Waals surface area contributed by atoms with Crippen LogP contribution in [0.1, 0.15) is 73.8 Å². The quantitative estimate of drug-likeness (QED) is 0.659. The second-order valence-electron chi connectivity index (χ2n) is 13.4. The summed E-state index contributed by atoms with van der Waals surface area (Å²) in [6.07, 6.45) is 2.17. The largest absolute Gasteiger partial charge is 0.494 e. The van der Waals surface area contributed by atoms with E-state index in [0.717, 1.165) is 41.4 Å². The molecular weight excluding hydrogens is 411 g/mol. The maximum atomic E-state index is 13.6. The number of likely N-dealkylation sites (tertiary alicyclic amines) is 1. The number of benzene rings is 1. The van der Waals surface area contributed by atoms with Crippen LogP contribution in [0.3, 0.4) is 0 Å². The monoisotopic (exact) mass is 450 g/mol. The Kier molecular flexibility index (Phi) is 4.32. The molecule has 0 aromatic heterocycles. The zero-order valence-electron chi connectivity index (χ0n) is 21.6. The summed E-state index contributed by atoms with van der Waals surface area (Å²) >= 11 is 0. The molecule has 33 heavy (non-hydrogen) atoms. The van der Waals surface area contributed by atoms with Crippen molar-refractivity contribution in [3.8, 4) is 0 Å². The first-order valence-corrected chi connectivity index (χ1v) is 12.8. The van der Waals surface area contributed by atoms with Crippen molar-refractivity contribution in [3.63, 3.8) is 0 Å². The fourth-order valence-electron chi connectivity index (χ4n) is 6.82. The van der Waals surface area contributed by atoms with E-state index in [1.807, 2.05) is 0 Å². The van der Waals surface area contributed by atoms with Gasteiger partial charge in [0.15, 0.2) is 0 Å². The number of hydrogen-bond donors (Lipinski definition) is 0. The molecule has 2 unspecified atom stereocenters. The fourth-order valence-corrected chi connectivity index (χ4v) is 6.82. The van der Waals surface area contributed by atoms with Gasteiger partial charge < -0.3 is 14.2 Å². The molecule has 5 nitrogen and oxygen atoms in total. The van der Waals surface area contributed by atoms with Gasteiger partial charge in [-0.2, -0.15) is 0 Å². The van der Waals surface area contributed by atoms with Crippen molar-refractivity contribution >= 4 is 24.2 Å². The summed E-state index contributed by atoms with van der Waals surface area (Å²) in [5.41, 5.74) is 2.49. The molecule has 0 radical (unpaired) electrons. The lowest BCUT2D eigenvalue weighted by molar-refractivity contribution is -0.123. The zero-order valence-corrected chi connectivity index (χ0v) is 21.6. The van der Waals surface area contributed by atoms with Crippen LogP contribution in [0.5, 0.6) is 0 Å². The molecule has 5 aliphatic rings. The van der Waals surface area contributed by atoms with Gasteiger partial charge in [0.1, 0.15) is 0 Å². The van der Waals surface area contributed by atoms with Gasteiger partial charge >= 0.3 is 7.12 Å². The molecule has 0 N–H and O–H groups in total. The number of amides is 1. The van der Waals surface area contributed by atoms with E-state index in [2.05, 4.69) is 83.4 Å². The van der Waals surface area contributed by atoms with Crippen LogP contribution in [-0.4, -0.2) is 54.3 Å². The summed E-state index contributed by atoms with van der Waals surface area (Å²) in [4.78, 5) is 18.4. The van der Waals surface area contributed by atoms with Gasteiger partial charge in [-0.15, -0.1) is 0 Å². The predicted molar refractivity (Wildman–Crippen MR) is 132 cm³/mol. The van der Waals surface area contributed by atoms with Crippen molar-refractivity contribution in [1.82, 2.24) is 4.90 Å². The molecule has 3 aliphatic heterocycles. The Bertz CT molecular complexity index is 996. The van der Waals surface area contributed by atoms with E-state index >= 15 is 0 Å². The van der Waals surface area contributed by atoms with Crippen LogP contribution < -0.4 is 10.4 Å². The smallest absolute Gasteiger partial charge is 0.399 e. The molecule has 0 spiro atoms. The van der Waals surface area contributed by atoms with E-state index in [4.69, 9.17) is 9.31 Å². The van der Waals surface area contributed by atoms with E-state index in [0.29, 0.717) is 17.5 Å². The maximum absolute atomic E-state index is 13.6. The molecule has 2 atom stereocenters. The summed E-state index contributed by atoms with van der Waals surface area (Å²) in [6, 6.07) is 7.29. The molecule has 6 rings (SSSR count). The van der Waals surface area contributed by atoms with Gasteiger partial charge in [-0.1, -0.05) is 26.0 Å². The standard InChI is InChI=1S/C27H39BN2O3/c1-24(2)20-14-29(15-21(20)24)17-12-18(13-17)30-22-11-16(9-10-19(22)25(3,4)23(30)31)28-32-26(5,6)27(7,8)33-28/h9-11,17-18,20-21H,12-15H2,1-8H3/t17-,18+,20?,21?. The molecule has 178 valence electrons. The first kappa shape index (κ1) is 22.1. The van der Waals surface area contributed by atoms with Crippen molar-refractivity contribution < 1.29 is 14.1 Å². The van der Waals surface area contributed by atoms with Crippen molar-refractivity contribution in [1.29, 1.82) is 0 Å². The average molecular weight is 450 g/mol. The highest BCUT2D eigenvalue weighted by Gasteiger charge is 2.63. The van der Waals surface area contributed by atoms with E-state index in [1.165, 1.54) is 13.1 Å². The second-order valence-corrected chi connectivity index (χ2v) is 13.4. The van der Waals surface area contributed by atoms with Gasteiger partial charge in [-0.25, -0.2) is 0 Å². The fraction of sp³-hybridized carbons (Fsp3) is 0.741. The molecule has 1 aromatic rings. The molecule has 2 saturated carbocycles. The van der Waals surface area contributed by atoms with E-state index in [9.17, 15) is 4.79 Å². The molecule has 4 fully saturated rings. The van der Waals surface area contributed by atoms with Crippen molar-refractivity contribution in [3.05, 3.63) is 23.8 Å². The number of carbonyl (C=O) groups excluding carboxylic acids is 1. The highest BCUT2D eigenvalue weighted by molar-refractivity contribution is 6.62. The minimum atomic E-state index is -0.492. The van der Waals surface area contributed by atoms with E-state index in [1.54, 1.807) is 0 Å². The van der Waals surface area contributed by atoms with Crippen LogP contribution >= 0.6 is 0 Å². The zero-order chi connectivity index (χ0) is 23.7. The maximum Gasteiger partial charge on any atom is 0.494 e. The Balaban J connectivity index is 1.22. The molecule has 6 heteroatoms. The molecule has 2 aliphatic carbocycles. The lowest BCUT2D eigenvalue weighted by Gasteiger charge is -2.46. The molecule has 3 heterocycles. The van der Waals surface area contributed by atoms with Crippen molar-refractivity contribution in [2.45, 2.75) is 96.9 Å². The van der Waals surface area contributed by atoms with Gasteiger partial charge in [0.25, 0.3) is 0 Å². The van der Waals surface area contributed by atoms with Crippen molar-refractivity contribution in [2.75, 3.05) is 18.0 Å². The van der Waals surface area contributed by atoms with Gasteiger partial charge in [-0.05, 0) is 88.7 Å². The van der Waals surface area contributed by atoms with Crippen LogP contribution in [0.2, 0.25) is 0 Å². The Morgan fingerprint density at radius 3 is 2.03 bits per heavy atom. The Hall–Kier alpha value is -1.37. The number of anilines is 1. The summed E-state index contributed by atoms with van der Waals surface area (Å²) in [5, 5.41) is 0. The Labute approximate surface area is 199 Å². The van der Waals surface area contributed by atoms with Crippen LogP contribution in [0.15, 0.2) is 18.2 Å². The van der Waals surface area contributed by atoms with Gasteiger partial charge in [0.05, 0.1) is 16.6 Å². The number of rotatable bonds is 3. The summed E-state index contributed by atoms with van der Waals surface area (Å²) in [6.45, 7) is 19.8. The van der Waals surface area contributed by atoms with Crippen LogP contribution in [0, 0.1) is 17.3 Å². The third kappa shape index (κ3) is 2.93. The summed E-state index contributed by atoms with van der Waals surface area (Å²) in [5.74, 6) is 2.00. The summed E-state index contributed by atoms with van der Waals surface area (Å²) in [7, 11) is -0.408. The van der Waals surface area contributed by atoms with Crippen LogP contribution in [-0.2, 0) is 19.5 Å². The van der Waals surface area contributed by atoms with Gasteiger partial charge in [-0.3, -0.25) is 9.69 Å². The topological polar surface area (TPSA) is 42.0 Å². The number of hydrogen-bond acceptors (Lipinski definition) is 4. The van der Waals surface area contributed by atoms with Crippen LogP contribution in [0.25, 0.3) is 0 Å². The minimum absolute atomic E-state index is 0.234. The van der Waals surface area contributed by atoms with Gasteiger partial charge in [0, 0.05) is 30.9 Å². The summed E-state index contributed by atoms with van der Waals surface area (Å²) < 4.78 is 12.6. The number of nitrogens with zero attached hydrogens (tertiary/aromatic N) is 2. The average Bonchev–Trinajstić information content (AvgIpc) is 3.02. The molecule has 1 amide bonds. The molecule has 2 saturated heterocycles. The van der Waals surface area contributed by atoms with E-state index < -0.39 is 12.5 Å².